The first-order valence-corrected chi connectivity index (χ1v) is 7.76. The number of hydrogen-bond acceptors (Lipinski definition) is 1. The normalized spacial score (nSPS) is 19.2. The average molecular weight is 269 g/mol. The Morgan fingerprint density at radius 3 is 2.61 bits per heavy atom. The van der Waals surface area contributed by atoms with Gasteiger partial charge in [-0.3, -0.25) is 4.68 Å². The first kappa shape index (κ1) is 13.9. The van der Waals surface area contributed by atoms with Crippen molar-refractivity contribution >= 4 is 11.6 Å². The van der Waals surface area contributed by atoms with Crippen LogP contribution in [0, 0.1) is 11.3 Å². The molecule has 102 valence electrons. The van der Waals surface area contributed by atoms with Crippen molar-refractivity contribution in [3.05, 3.63) is 18.0 Å². The zero-order valence-electron chi connectivity index (χ0n) is 11.8. The second kappa shape index (κ2) is 5.64. The fraction of sp³-hybridized carbons (Fsp3) is 0.800. The minimum absolute atomic E-state index is 0.245. The summed E-state index contributed by atoms with van der Waals surface area (Å²) in [6, 6.07) is 2.72. The summed E-state index contributed by atoms with van der Waals surface area (Å²) in [6.07, 6.45) is 8.13. The molecule has 1 atom stereocenters. The summed E-state index contributed by atoms with van der Waals surface area (Å²) < 4.78 is 2.14. The topological polar surface area (TPSA) is 17.8 Å². The summed E-state index contributed by atoms with van der Waals surface area (Å²) in [6.45, 7) is 6.76. The van der Waals surface area contributed by atoms with Crippen molar-refractivity contribution in [1.29, 1.82) is 0 Å². The van der Waals surface area contributed by atoms with Gasteiger partial charge >= 0.3 is 0 Å². The van der Waals surface area contributed by atoms with E-state index in [0.29, 0.717) is 6.04 Å². The standard InChI is InChI=1S/C15H25ClN2/c1-4-14(5-2)18-9-8-13(17-18)10-15(3,11-16)12-6-7-12/h8-9,12,14H,4-7,10-11H2,1-3H3. The Hall–Kier alpha value is -0.500. The molecule has 3 heteroatoms. The lowest BCUT2D eigenvalue weighted by atomic mass is 9.82. The quantitative estimate of drug-likeness (QED) is 0.669. The smallest absolute Gasteiger partial charge is 0.0630 e. The molecular weight excluding hydrogens is 244 g/mol. The summed E-state index contributed by atoms with van der Waals surface area (Å²) in [5, 5.41) is 4.75. The van der Waals surface area contributed by atoms with Crippen LogP contribution in [0.3, 0.4) is 0 Å². The molecule has 1 aromatic rings. The number of nitrogens with zero attached hydrogens (tertiary/aromatic N) is 2. The molecule has 1 fully saturated rings. The molecule has 0 N–H and O–H groups in total. The van der Waals surface area contributed by atoms with E-state index in [1.165, 1.54) is 18.5 Å². The van der Waals surface area contributed by atoms with Gasteiger partial charge in [0.1, 0.15) is 0 Å². The molecule has 2 nitrogen and oxygen atoms in total. The Bertz CT molecular complexity index is 380. The molecule has 1 unspecified atom stereocenters. The second-order valence-electron chi connectivity index (χ2n) is 6.00. The molecule has 0 bridgehead atoms. The molecule has 0 amide bonds. The first-order valence-electron chi connectivity index (χ1n) is 7.23. The highest BCUT2D eigenvalue weighted by atomic mass is 35.5. The monoisotopic (exact) mass is 268 g/mol. The molecule has 0 radical (unpaired) electrons. The molecule has 0 aromatic carbocycles. The van der Waals surface area contributed by atoms with E-state index in [4.69, 9.17) is 16.7 Å². The molecule has 0 spiro atoms. The van der Waals surface area contributed by atoms with E-state index in [1.54, 1.807) is 0 Å². The van der Waals surface area contributed by atoms with Crippen molar-refractivity contribution < 1.29 is 0 Å². The van der Waals surface area contributed by atoms with Crippen molar-refractivity contribution in [2.45, 2.75) is 58.9 Å². The lowest BCUT2D eigenvalue weighted by Gasteiger charge is -2.26. The van der Waals surface area contributed by atoms with Crippen LogP contribution in [0.25, 0.3) is 0 Å². The zero-order valence-corrected chi connectivity index (χ0v) is 12.6. The number of halogens is 1. The van der Waals surface area contributed by atoms with Crippen molar-refractivity contribution in [2.24, 2.45) is 11.3 Å². The van der Waals surface area contributed by atoms with Gasteiger partial charge < -0.3 is 0 Å². The van der Waals surface area contributed by atoms with Crippen LogP contribution in [0.15, 0.2) is 12.3 Å². The van der Waals surface area contributed by atoms with Crippen LogP contribution in [0.2, 0.25) is 0 Å². The number of aromatic nitrogens is 2. The predicted octanol–water partition coefficient (Wildman–Crippen LogP) is 4.44. The van der Waals surface area contributed by atoms with Gasteiger partial charge in [-0.25, -0.2) is 0 Å². The molecule has 0 aliphatic heterocycles. The van der Waals surface area contributed by atoms with Crippen LogP contribution >= 0.6 is 11.6 Å². The largest absolute Gasteiger partial charge is 0.269 e. The van der Waals surface area contributed by atoms with Crippen LogP contribution in [0.1, 0.15) is 58.2 Å². The van der Waals surface area contributed by atoms with Gasteiger partial charge in [0.25, 0.3) is 0 Å². The van der Waals surface area contributed by atoms with Crippen LogP contribution < -0.4 is 0 Å². The second-order valence-corrected chi connectivity index (χ2v) is 6.26. The van der Waals surface area contributed by atoms with E-state index in [-0.39, 0.29) is 5.41 Å². The highest BCUT2D eigenvalue weighted by Gasteiger charge is 2.41. The Morgan fingerprint density at radius 1 is 1.44 bits per heavy atom. The van der Waals surface area contributed by atoms with Crippen LogP contribution in [-0.2, 0) is 6.42 Å². The number of hydrogen-bond donors (Lipinski definition) is 0. The molecule has 18 heavy (non-hydrogen) atoms. The average Bonchev–Trinajstić information content (AvgIpc) is 3.14. The fourth-order valence-corrected chi connectivity index (χ4v) is 3.15. The van der Waals surface area contributed by atoms with Crippen molar-refractivity contribution in [3.63, 3.8) is 0 Å². The summed E-state index contributed by atoms with van der Waals surface area (Å²) >= 11 is 6.18. The van der Waals surface area contributed by atoms with Gasteiger partial charge in [0, 0.05) is 12.1 Å². The molecule has 1 aromatic heterocycles. The Labute approximate surface area is 116 Å². The maximum absolute atomic E-state index is 6.18. The number of alkyl halides is 1. The Balaban J connectivity index is 2.05. The maximum Gasteiger partial charge on any atom is 0.0630 e. The maximum atomic E-state index is 6.18. The minimum atomic E-state index is 0.245. The highest BCUT2D eigenvalue weighted by molar-refractivity contribution is 6.18. The molecule has 1 heterocycles. The third kappa shape index (κ3) is 2.90. The van der Waals surface area contributed by atoms with Crippen molar-refractivity contribution in [1.82, 2.24) is 9.78 Å². The van der Waals surface area contributed by atoms with E-state index < -0.39 is 0 Å². The third-order valence-electron chi connectivity index (χ3n) is 4.43. The van der Waals surface area contributed by atoms with E-state index in [0.717, 1.165) is 31.1 Å². The Morgan fingerprint density at radius 2 is 2.11 bits per heavy atom. The van der Waals surface area contributed by atoms with Gasteiger partial charge in [0.2, 0.25) is 0 Å². The summed E-state index contributed by atoms with van der Waals surface area (Å²) in [5.41, 5.74) is 1.45. The van der Waals surface area contributed by atoms with Gasteiger partial charge in [-0.15, -0.1) is 11.6 Å². The van der Waals surface area contributed by atoms with E-state index in [9.17, 15) is 0 Å². The predicted molar refractivity (Wildman–Crippen MR) is 77.1 cm³/mol. The summed E-state index contributed by atoms with van der Waals surface area (Å²) in [5.74, 6) is 1.56. The van der Waals surface area contributed by atoms with Crippen molar-refractivity contribution in [2.75, 3.05) is 5.88 Å². The Kier molecular flexibility index (Phi) is 4.37. The molecule has 1 saturated carbocycles. The van der Waals surface area contributed by atoms with Gasteiger partial charge in [-0.1, -0.05) is 20.8 Å². The lowest BCUT2D eigenvalue weighted by molar-refractivity contribution is 0.307. The van der Waals surface area contributed by atoms with Gasteiger partial charge in [0.05, 0.1) is 11.7 Å². The van der Waals surface area contributed by atoms with Crippen LogP contribution in [0.4, 0.5) is 0 Å². The van der Waals surface area contributed by atoms with Crippen LogP contribution in [0.5, 0.6) is 0 Å². The molecule has 2 rings (SSSR count). The minimum Gasteiger partial charge on any atom is -0.269 e. The molecule has 0 saturated heterocycles. The molecule has 1 aliphatic carbocycles. The molecular formula is C15H25ClN2. The van der Waals surface area contributed by atoms with Gasteiger partial charge in [-0.05, 0) is 49.5 Å². The fourth-order valence-electron chi connectivity index (χ4n) is 2.83. The first-order chi connectivity index (χ1) is 8.62. The summed E-state index contributed by atoms with van der Waals surface area (Å²) in [7, 11) is 0. The SMILES string of the molecule is CCC(CC)n1ccc(CC(C)(CCl)C2CC2)n1. The lowest BCUT2D eigenvalue weighted by Crippen LogP contribution is -2.24. The third-order valence-corrected chi connectivity index (χ3v) is 5.04. The van der Waals surface area contributed by atoms with Crippen molar-refractivity contribution in [3.8, 4) is 0 Å². The van der Waals surface area contributed by atoms with Gasteiger partial charge in [0.15, 0.2) is 0 Å². The van der Waals surface area contributed by atoms with E-state index in [2.05, 4.69) is 37.7 Å². The highest BCUT2D eigenvalue weighted by Crippen LogP contribution is 2.47. The van der Waals surface area contributed by atoms with Crippen LogP contribution in [-0.4, -0.2) is 15.7 Å². The summed E-state index contributed by atoms with van der Waals surface area (Å²) in [4.78, 5) is 0. The van der Waals surface area contributed by atoms with E-state index in [1.807, 2.05) is 0 Å². The van der Waals surface area contributed by atoms with E-state index >= 15 is 0 Å². The molecule has 1 aliphatic rings. The van der Waals surface area contributed by atoms with Gasteiger partial charge in [-0.2, -0.15) is 5.10 Å². The zero-order chi connectivity index (χ0) is 13.2. The number of rotatable bonds is 7.